The molecule has 3 rings (SSSR count). The molecule has 1 aliphatic heterocycles. The van der Waals surface area contributed by atoms with Crippen molar-refractivity contribution in [1.82, 2.24) is 14.6 Å². The van der Waals surface area contributed by atoms with Crippen molar-refractivity contribution in [3.05, 3.63) is 40.3 Å². The quantitative estimate of drug-likeness (QED) is 0.807. The predicted octanol–water partition coefficient (Wildman–Crippen LogP) is 1.93. The van der Waals surface area contributed by atoms with Gasteiger partial charge in [0.1, 0.15) is 11.8 Å². The fourth-order valence-corrected chi connectivity index (χ4v) is 5.28. The van der Waals surface area contributed by atoms with Crippen LogP contribution in [0.4, 0.5) is 0 Å². The summed E-state index contributed by atoms with van der Waals surface area (Å²) >= 11 is 1.51. The first-order chi connectivity index (χ1) is 12.4. The van der Waals surface area contributed by atoms with E-state index in [0.29, 0.717) is 31.7 Å². The fraction of sp³-hybridized carbons (Fsp3) is 0.412. The highest BCUT2D eigenvalue weighted by Gasteiger charge is 2.39. The topological polar surface area (TPSA) is 88.6 Å². The largest absolute Gasteiger partial charge is 0.497 e. The summed E-state index contributed by atoms with van der Waals surface area (Å²) in [5, 5.41) is 5.62. The van der Waals surface area contributed by atoms with Crippen molar-refractivity contribution < 1.29 is 17.9 Å². The van der Waals surface area contributed by atoms with E-state index in [9.17, 15) is 13.2 Å². The molecule has 1 unspecified atom stereocenters. The Morgan fingerprint density at radius 1 is 1.46 bits per heavy atom. The summed E-state index contributed by atoms with van der Waals surface area (Å²) in [5.74, 6) is 0.171. The van der Waals surface area contributed by atoms with Crippen LogP contribution < -0.4 is 10.1 Å². The third-order valence-electron chi connectivity index (χ3n) is 4.26. The van der Waals surface area contributed by atoms with E-state index in [-0.39, 0.29) is 10.8 Å². The van der Waals surface area contributed by atoms with Gasteiger partial charge in [0.05, 0.1) is 29.3 Å². The van der Waals surface area contributed by atoms with E-state index in [1.165, 1.54) is 34.9 Å². The standard InChI is InChI=1S/C17H21N3O4S2/c1-12-19-13(11-25-12)10-18-17(21)16-7-4-8-20(16)26(22,23)15-6-3-5-14(9-15)24-2/h3,5-6,9,11,16H,4,7-8,10H2,1-2H3,(H,18,21). The van der Waals surface area contributed by atoms with Gasteiger partial charge in [0, 0.05) is 18.0 Å². The van der Waals surface area contributed by atoms with Gasteiger partial charge in [-0.3, -0.25) is 4.79 Å². The second-order valence-electron chi connectivity index (χ2n) is 6.03. The molecular weight excluding hydrogens is 374 g/mol. The molecule has 7 nitrogen and oxygen atoms in total. The van der Waals surface area contributed by atoms with Gasteiger partial charge in [-0.25, -0.2) is 13.4 Å². The van der Waals surface area contributed by atoms with Crippen molar-refractivity contribution in [2.45, 2.75) is 37.2 Å². The van der Waals surface area contributed by atoms with Crippen molar-refractivity contribution in [3.63, 3.8) is 0 Å². The molecule has 1 atom stereocenters. The fourth-order valence-electron chi connectivity index (χ4n) is 2.97. The summed E-state index contributed by atoms with van der Waals surface area (Å²) in [6.45, 7) is 2.52. The number of aromatic nitrogens is 1. The monoisotopic (exact) mass is 395 g/mol. The first-order valence-corrected chi connectivity index (χ1v) is 10.6. The zero-order valence-electron chi connectivity index (χ0n) is 14.6. The Balaban J connectivity index is 1.74. The lowest BCUT2D eigenvalue weighted by atomic mass is 10.2. The summed E-state index contributed by atoms with van der Waals surface area (Å²) in [6, 6.07) is 5.60. The highest BCUT2D eigenvalue weighted by molar-refractivity contribution is 7.89. The number of nitrogens with one attached hydrogen (secondary N) is 1. The molecule has 0 spiro atoms. The van der Waals surface area contributed by atoms with Gasteiger partial charge >= 0.3 is 0 Å². The van der Waals surface area contributed by atoms with Crippen LogP contribution in [0.1, 0.15) is 23.5 Å². The molecule has 1 aromatic heterocycles. The maximum atomic E-state index is 13.0. The number of carbonyl (C=O) groups is 1. The second-order valence-corrected chi connectivity index (χ2v) is 8.98. The molecule has 2 heterocycles. The summed E-state index contributed by atoms with van der Waals surface area (Å²) < 4.78 is 32.3. The van der Waals surface area contributed by atoms with Crippen molar-refractivity contribution in [3.8, 4) is 5.75 Å². The van der Waals surface area contributed by atoms with Crippen LogP contribution >= 0.6 is 11.3 Å². The first kappa shape index (κ1) is 18.8. The Labute approximate surface area is 157 Å². The molecule has 1 amide bonds. The molecule has 1 fully saturated rings. The number of rotatable bonds is 6. The highest BCUT2D eigenvalue weighted by atomic mass is 32.2. The SMILES string of the molecule is COc1cccc(S(=O)(=O)N2CCCC2C(=O)NCc2csc(C)n2)c1. The van der Waals surface area contributed by atoms with Crippen LogP contribution in [-0.4, -0.2) is 43.3 Å². The van der Waals surface area contributed by atoms with Gasteiger partial charge < -0.3 is 10.1 Å². The maximum Gasteiger partial charge on any atom is 0.243 e. The third kappa shape index (κ3) is 3.89. The molecule has 0 bridgehead atoms. The molecule has 1 aromatic carbocycles. The molecule has 26 heavy (non-hydrogen) atoms. The summed E-state index contributed by atoms with van der Waals surface area (Å²) in [5.41, 5.74) is 0.779. The minimum absolute atomic E-state index is 0.131. The molecule has 1 saturated heterocycles. The number of hydrogen-bond acceptors (Lipinski definition) is 6. The summed E-state index contributed by atoms with van der Waals surface area (Å²) in [6.07, 6.45) is 1.15. The van der Waals surface area contributed by atoms with Crippen LogP contribution in [-0.2, 0) is 21.4 Å². The van der Waals surface area contributed by atoms with Crippen LogP contribution in [0.5, 0.6) is 5.75 Å². The second kappa shape index (κ2) is 7.73. The van der Waals surface area contributed by atoms with Crippen molar-refractivity contribution in [2.75, 3.05) is 13.7 Å². The molecule has 0 radical (unpaired) electrons. The molecule has 0 aliphatic carbocycles. The lowest BCUT2D eigenvalue weighted by Crippen LogP contribution is -2.45. The summed E-state index contributed by atoms with van der Waals surface area (Å²) in [7, 11) is -2.28. The van der Waals surface area contributed by atoms with Crippen LogP contribution in [0.3, 0.4) is 0 Å². The normalized spacial score (nSPS) is 18.0. The van der Waals surface area contributed by atoms with Crippen molar-refractivity contribution in [1.29, 1.82) is 0 Å². The Kier molecular flexibility index (Phi) is 5.59. The molecule has 140 valence electrons. The predicted molar refractivity (Wildman–Crippen MR) is 98.6 cm³/mol. The van der Waals surface area contributed by atoms with E-state index in [1.807, 2.05) is 12.3 Å². The Hall–Kier alpha value is -1.97. The molecular formula is C17H21N3O4S2. The van der Waals surface area contributed by atoms with Crippen LogP contribution in [0.25, 0.3) is 0 Å². The van der Waals surface area contributed by atoms with E-state index in [1.54, 1.807) is 12.1 Å². The molecule has 2 aromatic rings. The Bertz CT molecular complexity index is 895. The van der Waals surface area contributed by atoms with Gasteiger partial charge in [-0.1, -0.05) is 6.07 Å². The molecule has 1 N–H and O–H groups in total. The number of amides is 1. The average molecular weight is 396 g/mol. The van der Waals surface area contributed by atoms with Crippen molar-refractivity contribution in [2.24, 2.45) is 0 Å². The van der Waals surface area contributed by atoms with E-state index in [2.05, 4.69) is 10.3 Å². The number of methoxy groups -OCH3 is 1. The molecule has 9 heteroatoms. The average Bonchev–Trinajstić information content (AvgIpc) is 3.29. The highest BCUT2D eigenvalue weighted by Crippen LogP contribution is 2.28. The third-order valence-corrected chi connectivity index (χ3v) is 6.99. The van der Waals surface area contributed by atoms with E-state index >= 15 is 0 Å². The van der Waals surface area contributed by atoms with Crippen LogP contribution in [0.2, 0.25) is 0 Å². The number of sulfonamides is 1. The first-order valence-electron chi connectivity index (χ1n) is 8.26. The number of hydrogen-bond donors (Lipinski definition) is 1. The van der Waals surface area contributed by atoms with E-state index in [0.717, 1.165) is 10.7 Å². The number of aryl methyl sites for hydroxylation is 1. The van der Waals surface area contributed by atoms with E-state index in [4.69, 9.17) is 4.74 Å². The molecule has 1 aliphatic rings. The van der Waals surface area contributed by atoms with Gasteiger partial charge in [-0.15, -0.1) is 11.3 Å². The van der Waals surface area contributed by atoms with Crippen LogP contribution in [0, 0.1) is 6.92 Å². The number of thiazole rings is 1. The summed E-state index contributed by atoms with van der Waals surface area (Å²) in [4.78, 5) is 17.0. The number of ether oxygens (including phenoxy) is 1. The lowest BCUT2D eigenvalue weighted by molar-refractivity contribution is -0.124. The number of benzene rings is 1. The Morgan fingerprint density at radius 2 is 2.27 bits per heavy atom. The van der Waals surface area contributed by atoms with Gasteiger partial charge in [-0.05, 0) is 31.9 Å². The maximum absolute atomic E-state index is 13.0. The van der Waals surface area contributed by atoms with E-state index < -0.39 is 16.1 Å². The lowest BCUT2D eigenvalue weighted by Gasteiger charge is -2.23. The zero-order chi connectivity index (χ0) is 18.7. The number of nitrogens with zero attached hydrogens (tertiary/aromatic N) is 2. The van der Waals surface area contributed by atoms with Gasteiger partial charge in [0.25, 0.3) is 0 Å². The zero-order valence-corrected chi connectivity index (χ0v) is 16.3. The Morgan fingerprint density at radius 3 is 2.96 bits per heavy atom. The molecule has 0 saturated carbocycles. The van der Waals surface area contributed by atoms with Crippen molar-refractivity contribution >= 4 is 27.3 Å². The smallest absolute Gasteiger partial charge is 0.243 e. The van der Waals surface area contributed by atoms with Gasteiger partial charge in [-0.2, -0.15) is 4.31 Å². The van der Waals surface area contributed by atoms with Crippen LogP contribution in [0.15, 0.2) is 34.5 Å². The van der Waals surface area contributed by atoms with Gasteiger partial charge in [0.2, 0.25) is 15.9 Å². The minimum atomic E-state index is -3.77. The number of carbonyl (C=O) groups excluding carboxylic acids is 1. The minimum Gasteiger partial charge on any atom is -0.497 e. The van der Waals surface area contributed by atoms with Gasteiger partial charge in [0.15, 0.2) is 0 Å².